The van der Waals surface area contributed by atoms with E-state index in [9.17, 15) is 9.90 Å². The molecule has 4 nitrogen and oxygen atoms in total. The molecule has 0 radical (unpaired) electrons. The Morgan fingerprint density at radius 3 is 2.14 bits per heavy atom. The fourth-order valence-electron chi connectivity index (χ4n) is 3.65. The molecule has 2 atom stereocenters. The van der Waals surface area contributed by atoms with E-state index in [4.69, 9.17) is 9.84 Å². The van der Waals surface area contributed by atoms with Gasteiger partial charge in [0.25, 0.3) is 0 Å². The zero-order valence-electron chi connectivity index (χ0n) is 18.4. The number of rotatable bonds is 19. The smallest absolute Gasteiger partial charge is 0.303 e. The molecule has 1 rings (SSSR count). The van der Waals surface area contributed by atoms with Gasteiger partial charge in [-0.3, -0.25) is 4.79 Å². The monoisotopic (exact) mass is 406 g/mol. The van der Waals surface area contributed by atoms with E-state index in [1.54, 1.807) is 0 Å². The topological polar surface area (TPSA) is 66.8 Å². The van der Waals surface area contributed by atoms with Crippen LogP contribution in [0, 0.1) is 0 Å². The first-order valence-corrected chi connectivity index (χ1v) is 11.7. The number of carboxylic acid groups (broad SMARTS) is 1. The Morgan fingerprint density at radius 2 is 1.52 bits per heavy atom. The van der Waals surface area contributed by atoms with E-state index in [0.29, 0.717) is 25.9 Å². The SMILES string of the molecule is CCCCCCCCCCCC(O)CC(CCCC(=O)O)OCc1ccccc1. The van der Waals surface area contributed by atoms with E-state index in [1.807, 2.05) is 30.3 Å². The van der Waals surface area contributed by atoms with Gasteiger partial charge in [-0.25, -0.2) is 0 Å². The van der Waals surface area contributed by atoms with Gasteiger partial charge in [0.1, 0.15) is 0 Å². The van der Waals surface area contributed by atoms with Crippen LogP contribution in [0.2, 0.25) is 0 Å². The van der Waals surface area contributed by atoms with Crippen LogP contribution >= 0.6 is 0 Å². The van der Waals surface area contributed by atoms with Crippen molar-refractivity contribution in [1.29, 1.82) is 0 Å². The molecule has 2 N–H and O–H groups in total. The van der Waals surface area contributed by atoms with E-state index in [2.05, 4.69) is 6.92 Å². The lowest BCUT2D eigenvalue weighted by atomic mass is 10.00. The molecule has 2 unspecified atom stereocenters. The number of hydrogen-bond donors (Lipinski definition) is 2. The Hall–Kier alpha value is -1.39. The fraction of sp³-hybridized carbons (Fsp3) is 0.720. The Balaban J connectivity index is 2.22. The van der Waals surface area contributed by atoms with Gasteiger partial charge in [0.2, 0.25) is 0 Å². The van der Waals surface area contributed by atoms with Crippen molar-refractivity contribution in [2.45, 2.75) is 116 Å². The molecule has 4 heteroatoms. The van der Waals surface area contributed by atoms with Gasteiger partial charge in [-0.1, -0.05) is 95.0 Å². The van der Waals surface area contributed by atoms with Gasteiger partial charge in [-0.05, 0) is 31.2 Å². The maximum absolute atomic E-state index is 10.8. The van der Waals surface area contributed by atoms with Gasteiger partial charge in [0.05, 0.1) is 18.8 Å². The number of carbonyl (C=O) groups is 1. The lowest BCUT2D eigenvalue weighted by Gasteiger charge is -2.21. The molecule has 0 saturated heterocycles. The normalized spacial score (nSPS) is 13.3. The standard InChI is InChI=1S/C25H42O4/c1-2-3-4-5-6-7-8-9-13-17-23(26)20-24(18-14-19-25(27)28)29-21-22-15-11-10-12-16-22/h10-12,15-16,23-24,26H,2-9,13-14,17-21H2,1H3,(H,27,28). The van der Waals surface area contributed by atoms with Crippen molar-refractivity contribution in [3.05, 3.63) is 35.9 Å². The molecule has 0 spiro atoms. The Morgan fingerprint density at radius 1 is 0.897 bits per heavy atom. The van der Waals surface area contributed by atoms with Gasteiger partial charge < -0.3 is 14.9 Å². The molecule has 1 aromatic rings. The maximum Gasteiger partial charge on any atom is 0.303 e. The fourth-order valence-corrected chi connectivity index (χ4v) is 3.65. The summed E-state index contributed by atoms with van der Waals surface area (Å²) in [4.78, 5) is 10.8. The Bertz CT molecular complexity index is 503. The number of carboxylic acids is 1. The van der Waals surface area contributed by atoms with Crippen LogP contribution < -0.4 is 0 Å². The summed E-state index contributed by atoms with van der Waals surface area (Å²) in [5.41, 5.74) is 1.10. The van der Waals surface area contributed by atoms with E-state index >= 15 is 0 Å². The molecular weight excluding hydrogens is 364 g/mol. The summed E-state index contributed by atoms with van der Waals surface area (Å²) in [5, 5.41) is 19.3. The van der Waals surface area contributed by atoms with Gasteiger partial charge in [0, 0.05) is 6.42 Å². The van der Waals surface area contributed by atoms with Crippen molar-refractivity contribution in [2.24, 2.45) is 0 Å². The average Bonchev–Trinajstić information content (AvgIpc) is 2.71. The number of aliphatic hydroxyl groups is 1. The van der Waals surface area contributed by atoms with Crippen molar-refractivity contribution in [3.8, 4) is 0 Å². The molecule has 0 aliphatic heterocycles. The molecule has 0 amide bonds. The minimum atomic E-state index is -0.776. The predicted molar refractivity (Wildman–Crippen MR) is 119 cm³/mol. The van der Waals surface area contributed by atoms with Crippen molar-refractivity contribution in [2.75, 3.05) is 0 Å². The highest BCUT2D eigenvalue weighted by atomic mass is 16.5. The van der Waals surface area contributed by atoms with Crippen molar-refractivity contribution >= 4 is 5.97 Å². The molecule has 0 fully saturated rings. The molecule has 0 saturated carbocycles. The van der Waals surface area contributed by atoms with Gasteiger partial charge in [-0.2, -0.15) is 0 Å². The minimum absolute atomic E-state index is 0.0943. The minimum Gasteiger partial charge on any atom is -0.481 e. The lowest BCUT2D eigenvalue weighted by molar-refractivity contribution is -0.137. The summed E-state index contributed by atoms with van der Waals surface area (Å²) in [6.45, 7) is 2.75. The third-order valence-electron chi connectivity index (χ3n) is 5.42. The number of benzene rings is 1. The van der Waals surface area contributed by atoms with Crippen LogP contribution in [0.15, 0.2) is 30.3 Å². The van der Waals surface area contributed by atoms with Crippen LogP contribution in [-0.4, -0.2) is 28.4 Å². The van der Waals surface area contributed by atoms with Crippen LogP contribution in [0.3, 0.4) is 0 Å². The molecule has 29 heavy (non-hydrogen) atoms. The summed E-state index contributed by atoms with van der Waals surface area (Å²) in [6, 6.07) is 9.98. The van der Waals surface area contributed by atoms with E-state index in [1.165, 1.54) is 51.4 Å². The number of hydrogen-bond acceptors (Lipinski definition) is 3. The Kier molecular flexibility index (Phi) is 15.4. The highest BCUT2D eigenvalue weighted by Crippen LogP contribution is 2.18. The van der Waals surface area contributed by atoms with Crippen LogP contribution in [0.1, 0.15) is 102 Å². The lowest BCUT2D eigenvalue weighted by Crippen LogP contribution is -2.21. The average molecular weight is 407 g/mol. The second-order valence-electron chi connectivity index (χ2n) is 8.21. The number of unbranched alkanes of at least 4 members (excludes halogenated alkanes) is 8. The van der Waals surface area contributed by atoms with Crippen molar-refractivity contribution in [1.82, 2.24) is 0 Å². The van der Waals surface area contributed by atoms with Crippen molar-refractivity contribution in [3.63, 3.8) is 0 Å². The van der Waals surface area contributed by atoms with Crippen LogP contribution in [0.5, 0.6) is 0 Å². The van der Waals surface area contributed by atoms with Gasteiger partial charge in [0.15, 0.2) is 0 Å². The van der Waals surface area contributed by atoms with Crippen LogP contribution in [0.4, 0.5) is 0 Å². The third-order valence-corrected chi connectivity index (χ3v) is 5.42. The summed E-state index contributed by atoms with van der Waals surface area (Å²) in [6.07, 6.45) is 13.8. The highest BCUT2D eigenvalue weighted by molar-refractivity contribution is 5.66. The summed E-state index contributed by atoms with van der Waals surface area (Å²) in [5.74, 6) is -0.776. The molecule has 0 aliphatic rings. The third kappa shape index (κ3) is 15.2. The van der Waals surface area contributed by atoms with Gasteiger partial charge in [-0.15, -0.1) is 0 Å². The van der Waals surface area contributed by atoms with E-state index < -0.39 is 5.97 Å². The first kappa shape index (κ1) is 25.6. The Labute approximate surface area is 177 Å². The van der Waals surface area contributed by atoms with Gasteiger partial charge >= 0.3 is 5.97 Å². The number of aliphatic hydroxyl groups excluding tert-OH is 1. The summed E-state index contributed by atoms with van der Waals surface area (Å²) >= 11 is 0. The first-order valence-electron chi connectivity index (χ1n) is 11.7. The highest BCUT2D eigenvalue weighted by Gasteiger charge is 2.16. The zero-order valence-corrected chi connectivity index (χ0v) is 18.4. The van der Waals surface area contributed by atoms with E-state index in [0.717, 1.165) is 18.4 Å². The molecule has 0 bridgehead atoms. The van der Waals surface area contributed by atoms with Crippen molar-refractivity contribution < 1.29 is 19.7 Å². The van der Waals surface area contributed by atoms with E-state index in [-0.39, 0.29) is 18.6 Å². The largest absolute Gasteiger partial charge is 0.481 e. The molecular formula is C25H42O4. The molecule has 0 aromatic heterocycles. The summed E-state index contributed by atoms with van der Waals surface area (Å²) < 4.78 is 6.02. The van der Waals surface area contributed by atoms with Crippen LogP contribution in [-0.2, 0) is 16.1 Å². The molecule has 0 aliphatic carbocycles. The number of aliphatic carboxylic acids is 1. The zero-order chi connectivity index (χ0) is 21.2. The first-order chi connectivity index (χ1) is 14.1. The quantitative estimate of drug-likeness (QED) is 0.257. The maximum atomic E-state index is 10.8. The predicted octanol–water partition coefficient (Wildman–Crippen LogP) is 6.50. The molecule has 1 aromatic carbocycles. The second kappa shape index (κ2) is 17.5. The van der Waals surface area contributed by atoms with Crippen LogP contribution in [0.25, 0.3) is 0 Å². The molecule has 166 valence electrons. The summed E-state index contributed by atoms with van der Waals surface area (Å²) in [7, 11) is 0. The molecule has 0 heterocycles. The number of ether oxygens (including phenoxy) is 1. The second-order valence-corrected chi connectivity index (χ2v) is 8.21.